The number of nitriles is 1. The van der Waals surface area contributed by atoms with Gasteiger partial charge in [0.2, 0.25) is 0 Å². The van der Waals surface area contributed by atoms with Crippen LogP contribution in [0, 0.1) is 11.3 Å². The maximum atomic E-state index is 8.54. The smallest absolute Gasteiger partial charge is 0.191 e. The lowest BCUT2D eigenvalue weighted by Gasteiger charge is -2.07. The summed E-state index contributed by atoms with van der Waals surface area (Å²) in [6.07, 6.45) is 4.36. The lowest BCUT2D eigenvalue weighted by Crippen LogP contribution is -2.00. The van der Waals surface area contributed by atoms with Crippen LogP contribution in [0.15, 0.2) is 42.1 Å². The summed E-state index contributed by atoms with van der Waals surface area (Å²) in [5, 5.41) is 18.7. The topological polar surface area (TPSA) is 54.5 Å². The summed E-state index contributed by atoms with van der Waals surface area (Å²) in [5.74, 6) is 1.74. The first-order valence-electron chi connectivity index (χ1n) is 7.06. The predicted molar refractivity (Wildman–Crippen MR) is 90.9 cm³/mol. The van der Waals surface area contributed by atoms with Gasteiger partial charge in [0.1, 0.15) is 0 Å². The molecule has 0 atom stereocenters. The third-order valence-corrected chi connectivity index (χ3v) is 4.35. The van der Waals surface area contributed by atoms with Gasteiger partial charge in [-0.05, 0) is 37.1 Å². The monoisotopic (exact) mass is 332 g/mol. The molecule has 1 aromatic heterocycles. The highest BCUT2D eigenvalue weighted by Crippen LogP contribution is 2.25. The number of halogens is 1. The van der Waals surface area contributed by atoms with E-state index < -0.39 is 0 Å². The van der Waals surface area contributed by atoms with Gasteiger partial charge >= 0.3 is 0 Å². The Balaban J connectivity index is 2.13. The zero-order valence-electron chi connectivity index (χ0n) is 12.2. The van der Waals surface area contributed by atoms with Gasteiger partial charge in [0.15, 0.2) is 11.0 Å². The number of nitrogens with zero attached hydrogens (tertiary/aromatic N) is 4. The van der Waals surface area contributed by atoms with Crippen molar-refractivity contribution >= 4 is 23.4 Å². The van der Waals surface area contributed by atoms with Crippen LogP contribution in [-0.2, 0) is 6.54 Å². The first kappa shape index (κ1) is 16.6. The van der Waals surface area contributed by atoms with Crippen LogP contribution in [0.4, 0.5) is 0 Å². The van der Waals surface area contributed by atoms with E-state index in [0.29, 0.717) is 18.0 Å². The lowest BCUT2D eigenvalue weighted by molar-refractivity contribution is 0.729. The molecule has 0 bridgehead atoms. The Bertz CT molecular complexity index is 658. The molecule has 6 heteroatoms. The molecule has 2 rings (SSSR count). The van der Waals surface area contributed by atoms with Gasteiger partial charge in [-0.2, -0.15) is 5.26 Å². The van der Waals surface area contributed by atoms with E-state index in [2.05, 4.69) is 22.8 Å². The van der Waals surface area contributed by atoms with Crippen molar-refractivity contribution in [3.63, 3.8) is 0 Å². The minimum absolute atomic E-state index is 0.607. The number of rotatable bonds is 8. The SMILES string of the molecule is C=CCn1c(SCCCCC#N)nnc1-c1ccc(Cl)cc1. The molecule has 0 N–H and O–H groups in total. The molecule has 0 radical (unpaired) electrons. The zero-order chi connectivity index (χ0) is 15.8. The molecule has 0 aliphatic rings. The Morgan fingerprint density at radius 3 is 2.73 bits per heavy atom. The Morgan fingerprint density at radius 1 is 1.27 bits per heavy atom. The largest absolute Gasteiger partial charge is 0.298 e. The van der Waals surface area contributed by atoms with E-state index in [1.165, 1.54) is 0 Å². The van der Waals surface area contributed by atoms with Crippen molar-refractivity contribution in [3.8, 4) is 17.5 Å². The number of hydrogen-bond donors (Lipinski definition) is 0. The lowest BCUT2D eigenvalue weighted by atomic mass is 10.2. The zero-order valence-corrected chi connectivity index (χ0v) is 13.8. The summed E-state index contributed by atoms with van der Waals surface area (Å²) in [6, 6.07) is 9.73. The van der Waals surface area contributed by atoms with Gasteiger partial charge in [0.05, 0.1) is 6.07 Å². The quantitative estimate of drug-likeness (QED) is 0.403. The first-order chi connectivity index (χ1) is 10.8. The van der Waals surface area contributed by atoms with E-state index in [9.17, 15) is 0 Å². The second-order valence-electron chi connectivity index (χ2n) is 4.68. The number of aromatic nitrogens is 3. The molecule has 0 saturated carbocycles. The summed E-state index contributed by atoms with van der Waals surface area (Å²) in [7, 11) is 0. The Kier molecular flexibility index (Phi) is 6.50. The molecule has 1 heterocycles. The van der Waals surface area contributed by atoms with Crippen molar-refractivity contribution in [1.82, 2.24) is 14.8 Å². The van der Waals surface area contributed by atoms with E-state index in [-0.39, 0.29) is 0 Å². The van der Waals surface area contributed by atoms with Crippen LogP contribution >= 0.6 is 23.4 Å². The van der Waals surface area contributed by atoms with Crippen molar-refractivity contribution < 1.29 is 0 Å². The van der Waals surface area contributed by atoms with E-state index in [0.717, 1.165) is 35.1 Å². The van der Waals surface area contributed by atoms with Gasteiger partial charge in [0.25, 0.3) is 0 Å². The average Bonchev–Trinajstić information content (AvgIpc) is 2.91. The van der Waals surface area contributed by atoms with Crippen LogP contribution in [0.1, 0.15) is 19.3 Å². The summed E-state index contributed by atoms with van der Waals surface area (Å²) in [6.45, 7) is 4.46. The second kappa shape index (κ2) is 8.62. The van der Waals surface area contributed by atoms with Gasteiger partial charge < -0.3 is 0 Å². The third-order valence-electron chi connectivity index (χ3n) is 3.05. The molecule has 0 fully saturated rings. The van der Waals surface area contributed by atoms with Crippen LogP contribution < -0.4 is 0 Å². The molecule has 0 aliphatic carbocycles. The first-order valence-corrected chi connectivity index (χ1v) is 8.42. The Morgan fingerprint density at radius 2 is 2.05 bits per heavy atom. The Labute approximate surface area is 139 Å². The van der Waals surface area contributed by atoms with Gasteiger partial charge in [-0.3, -0.25) is 4.57 Å². The van der Waals surface area contributed by atoms with E-state index >= 15 is 0 Å². The minimum Gasteiger partial charge on any atom is -0.298 e. The van der Waals surface area contributed by atoms with Crippen molar-refractivity contribution in [2.45, 2.75) is 31.0 Å². The van der Waals surface area contributed by atoms with Crippen molar-refractivity contribution in [3.05, 3.63) is 41.9 Å². The molecule has 0 amide bonds. The van der Waals surface area contributed by atoms with Crippen LogP contribution in [-0.4, -0.2) is 20.5 Å². The molecule has 0 saturated heterocycles. The number of benzene rings is 1. The standard InChI is InChI=1S/C16H17ClN4S/c1-2-11-21-15(13-6-8-14(17)9-7-13)19-20-16(21)22-12-5-3-4-10-18/h2,6-9H,1,3-5,11-12H2. The summed E-state index contributed by atoms with van der Waals surface area (Å²) < 4.78 is 2.05. The molecular weight excluding hydrogens is 316 g/mol. The highest BCUT2D eigenvalue weighted by Gasteiger charge is 2.13. The molecule has 4 nitrogen and oxygen atoms in total. The number of hydrogen-bond acceptors (Lipinski definition) is 4. The number of thioether (sulfide) groups is 1. The highest BCUT2D eigenvalue weighted by atomic mass is 35.5. The van der Waals surface area contributed by atoms with Crippen LogP contribution in [0.5, 0.6) is 0 Å². The molecule has 2 aromatic rings. The maximum Gasteiger partial charge on any atom is 0.191 e. The van der Waals surface area contributed by atoms with Crippen LogP contribution in [0.25, 0.3) is 11.4 Å². The van der Waals surface area contributed by atoms with Gasteiger partial charge in [-0.1, -0.05) is 29.4 Å². The van der Waals surface area contributed by atoms with Gasteiger partial charge in [-0.15, -0.1) is 16.8 Å². The maximum absolute atomic E-state index is 8.54. The fraction of sp³-hybridized carbons (Fsp3) is 0.312. The fourth-order valence-corrected chi connectivity index (χ4v) is 3.04. The number of unbranched alkanes of at least 4 members (excludes halogenated alkanes) is 2. The predicted octanol–water partition coefficient (Wildman–Crippen LogP) is 4.57. The van der Waals surface area contributed by atoms with Crippen molar-refractivity contribution in [2.75, 3.05) is 5.75 Å². The average molecular weight is 333 g/mol. The van der Waals surface area contributed by atoms with E-state index in [1.54, 1.807) is 11.8 Å². The summed E-state index contributed by atoms with van der Waals surface area (Å²) in [4.78, 5) is 0. The van der Waals surface area contributed by atoms with Crippen LogP contribution in [0.2, 0.25) is 5.02 Å². The van der Waals surface area contributed by atoms with Crippen molar-refractivity contribution in [1.29, 1.82) is 5.26 Å². The number of allylic oxidation sites excluding steroid dienone is 1. The molecule has 0 aliphatic heterocycles. The van der Waals surface area contributed by atoms with Gasteiger partial charge in [-0.25, -0.2) is 0 Å². The molecular formula is C16H17ClN4S. The van der Waals surface area contributed by atoms with E-state index in [4.69, 9.17) is 16.9 Å². The summed E-state index contributed by atoms with van der Waals surface area (Å²) in [5.41, 5.74) is 0.982. The fourth-order valence-electron chi connectivity index (χ4n) is 1.97. The third kappa shape index (κ3) is 4.36. The molecule has 1 aromatic carbocycles. The minimum atomic E-state index is 0.607. The molecule has 0 spiro atoms. The highest BCUT2D eigenvalue weighted by molar-refractivity contribution is 7.99. The molecule has 0 unspecified atom stereocenters. The second-order valence-corrected chi connectivity index (χ2v) is 6.17. The van der Waals surface area contributed by atoms with Crippen LogP contribution in [0.3, 0.4) is 0 Å². The molecule has 22 heavy (non-hydrogen) atoms. The normalized spacial score (nSPS) is 10.4. The van der Waals surface area contributed by atoms with E-state index in [1.807, 2.05) is 34.9 Å². The Hall–Kier alpha value is -1.77. The molecule has 114 valence electrons. The van der Waals surface area contributed by atoms with Gasteiger partial charge in [0, 0.05) is 29.3 Å². The van der Waals surface area contributed by atoms with Crippen molar-refractivity contribution in [2.24, 2.45) is 0 Å². The summed E-state index contributed by atoms with van der Waals surface area (Å²) >= 11 is 7.59.